The van der Waals surface area contributed by atoms with Gasteiger partial charge in [0.1, 0.15) is 0 Å². The van der Waals surface area contributed by atoms with Gasteiger partial charge in [-0.3, -0.25) is 9.36 Å². The molecule has 0 saturated heterocycles. The monoisotopic (exact) mass is 422 g/mol. The Hall–Kier alpha value is -2.42. The summed E-state index contributed by atoms with van der Waals surface area (Å²) < 4.78 is 2.55. The fourth-order valence-electron chi connectivity index (χ4n) is 2.34. The molecule has 0 fully saturated rings. The van der Waals surface area contributed by atoms with Crippen molar-refractivity contribution in [2.45, 2.75) is 6.54 Å². The van der Waals surface area contributed by atoms with E-state index in [2.05, 4.69) is 0 Å². The number of hydrogen-bond donors (Lipinski definition) is 1. The summed E-state index contributed by atoms with van der Waals surface area (Å²) in [6, 6.07) is 13.0. The second-order valence-electron chi connectivity index (χ2n) is 4.97. The van der Waals surface area contributed by atoms with Gasteiger partial charge in [0.05, 0.1) is 45.9 Å². The molecule has 0 spiro atoms. The minimum atomic E-state index is -1.02. The first-order valence-corrected chi connectivity index (χ1v) is 7.68. The van der Waals surface area contributed by atoms with Crippen LogP contribution in [-0.4, -0.2) is 18.4 Å². The zero-order valence-electron chi connectivity index (χ0n) is 11.8. The van der Waals surface area contributed by atoms with Gasteiger partial charge >= 0.3 is 11.7 Å². The topological polar surface area (TPSA) is 81.3 Å². The van der Waals surface area contributed by atoms with E-state index in [0.29, 0.717) is 16.5 Å². The predicted molar refractivity (Wildman–Crippen MR) is 94.4 cm³/mol. The highest BCUT2D eigenvalue weighted by atomic mass is 127. The molecule has 0 amide bonds. The van der Waals surface area contributed by atoms with Gasteiger partial charge in [0.25, 0.3) is 5.56 Å². The van der Waals surface area contributed by atoms with Crippen LogP contribution < -0.4 is 11.2 Å². The number of carbonyl (C=O) groups is 1. The summed E-state index contributed by atoms with van der Waals surface area (Å²) in [5.41, 5.74) is 0.629. The van der Waals surface area contributed by atoms with Crippen molar-refractivity contribution in [3.8, 4) is 0 Å². The molecule has 2 aromatic carbocycles. The lowest BCUT2D eigenvalue weighted by atomic mass is 10.1. The van der Waals surface area contributed by atoms with Gasteiger partial charge in [-0.25, -0.2) is 12.4 Å². The number of para-hydroxylation sites is 1. The SMILES string of the molecule is O=C(O)c1ccc(Cn2c(=O)c3ccccc3n(I)c2=O)cc1. The van der Waals surface area contributed by atoms with E-state index < -0.39 is 11.7 Å². The Kier molecular flexibility index (Phi) is 4.03. The zero-order chi connectivity index (χ0) is 16.6. The number of rotatable bonds is 3. The standard InChI is InChI=1S/C16H11IN2O4/c17-19-13-4-2-1-3-12(13)14(20)18(16(19)23)9-10-5-7-11(8-6-10)15(21)22/h1-8H,9H2,(H,21,22). The third-order valence-electron chi connectivity index (χ3n) is 3.53. The molecule has 1 N–H and O–H groups in total. The van der Waals surface area contributed by atoms with Crippen molar-refractivity contribution in [3.05, 3.63) is 80.5 Å². The Morgan fingerprint density at radius 2 is 1.70 bits per heavy atom. The molecule has 1 aromatic heterocycles. The van der Waals surface area contributed by atoms with Crippen LogP contribution in [0.5, 0.6) is 0 Å². The van der Waals surface area contributed by atoms with Gasteiger partial charge in [-0.15, -0.1) is 0 Å². The van der Waals surface area contributed by atoms with E-state index in [1.54, 1.807) is 36.4 Å². The van der Waals surface area contributed by atoms with Gasteiger partial charge < -0.3 is 5.11 Å². The van der Waals surface area contributed by atoms with Gasteiger partial charge in [-0.2, -0.15) is 0 Å². The van der Waals surface area contributed by atoms with Crippen molar-refractivity contribution in [1.29, 1.82) is 0 Å². The summed E-state index contributed by atoms with van der Waals surface area (Å²) in [5.74, 6) is -1.02. The Balaban J connectivity index is 2.12. The maximum atomic E-state index is 12.5. The molecule has 0 aliphatic rings. The molecule has 0 bridgehead atoms. The summed E-state index contributed by atoms with van der Waals surface area (Å²) >= 11 is 1.87. The van der Waals surface area contributed by atoms with Crippen molar-refractivity contribution in [1.82, 2.24) is 7.35 Å². The molecule has 3 aromatic rings. The molecule has 0 saturated carbocycles. The molecule has 0 atom stereocenters. The second kappa shape index (κ2) is 5.99. The molecular weight excluding hydrogens is 411 g/mol. The summed E-state index contributed by atoms with van der Waals surface area (Å²) in [6.07, 6.45) is 0. The van der Waals surface area contributed by atoms with E-state index in [1.807, 2.05) is 22.9 Å². The summed E-state index contributed by atoms with van der Waals surface area (Å²) in [7, 11) is 0. The number of hydrogen-bond acceptors (Lipinski definition) is 3. The third-order valence-corrected chi connectivity index (χ3v) is 4.46. The molecular formula is C16H11IN2O4. The van der Waals surface area contributed by atoms with E-state index in [4.69, 9.17) is 5.11 Å². The first kappa shape index (κ1) is 15.5. The highest BCUT2D eigenvalue weighted by Crippen LogP contribution is 2.10. The highest BCUT2D eigenvalue weighted by Gasteiger charge is 2.12. The lowest BCUT2D eigenvalue weighted by Crippen LogP contribution is -2.37. The normalized spacial score (nSPS) is 10.8. The van der Waals surface area contributed by atoms with Crippen LogP contribution in [0.4, 0.5) is 0 Å². The van der Waals surface area contributed by atoms with Crippen LogP contribution in [0.3, 0.4) is 0 Å². The molecule has 7 heteroatoms. The van der Waals surface area contributed by atoms with Gasteiger partial charge in [-0.05, 0) is 29.8 Å². The smallest absolute Gasteiger partial charge is 0.340 e. The number of nitrogens with zero attached hydrogens (tertiary/aromatic N) is 2. The fraction of sp³-hybridized carbons (Fsp3) is 0.0625. The number of aromatic carboxylic acids is 1. The third kappa shape index (κ3) is 2.79. The Morgan fingerprint density at radius 3 is 2.35 bits per heavy atom. The minimum absolute atomic E-state index is 0.0887. The number of carboxylic acid groups (broad SMARTS) is 1. The predicted octanol–water partition coefficient (Wildman–Crippen LogP) is 2.11. The molecule has 0 unspecified atom stereocenters. The van der Waals surface area contributed by atoms with Crippen LogP contribution in [-0.2, 0) is 6.54 Å². The second-order valence-corrected chi connectivity index (χ2v) is 5.94. The van der Waals surface area contributed by atoms with Crippen LogP contribution in [0.2, 0.25) is 0 Å². The van der Waals surface area contributed by atoms with Crippen molar-refractivity contribution >= 4 is 39.7 Å². The fourth-order valence-corrected chi connectivity index (χ4v) is 3.02. The van der Waals surface area contributed by atoms with Crippen LogP contribution in [0.1, 0.15) is 15.9 Å². The summed E-state index contributed by atoms with van der Waals surface area (Å²) in [6.45, 7) is 0.0887. The molecule has 6 nitrogen and oxygen atoms in total. The van der Waals surface area contributed by atoms with Gasteiger partial charge in [-0.1, -0.05) is 24.3 Å². The number of benzene rings is 2. The average molecular weight is 422 g/mol. The van der Waals surface area contributed by atoms with Crippen molar-refractivity contribution in [2.75, 3.05) is 0 Å². The van der Waals surface area contributed by atoms with E-state index in [-0.39, 0.29) is 17.7 Å². The Bertz CT molecular complexity index is 1020. The largest absolute Gasteiger partial charge is 0.478 e. The summed E-state index contributed by atoms with van der Waals surface area (Å²) in [5, 5.41) is 9.36. The first-order chi connectivity index (χ1) is 11.0. The molecule has 0 radical (unpaired) electrons. The molecule has 1 heterocycles. The average Bonchev–Trinajstić information content (AvgIpc) is 2.57. The first-order valence-electron chi connectivity index (χ1n) is 6.72. The molecule has 0 aliphatic carbocycles. The molecule has 23 heavy (non-hydrogen) atoms. The lowest BCUT2D eigenvalue weighted by molar-refractivity contribution is 0.0697. The molecule has 3 rings (SSSR count). The van der Waals surface area contributed by atoms with E-state index in [1.165, 1.54) is 14.9 Å². The van der Waals surface area contributed by atoms with Crippen molar-refractivity contribution in [3.63, 3.8) is 0 Å². The zero-order valence-corrected chi connectivity index (χ0v) is 13.9. The Labute approximate surface area is 144 Å². The Morgan fingerprint density at radius 1 is 1.04 bits per heavy atom. The van der Waals surface area contributed by atoms with E-state index in [9.17, 15) is 14.4 Å². The summed E-state index contributed by atoms with van der Waals surface area (Å²) in [4.78, 5) is 35.8. The highest BCUT2D eigenvalue weighted by molar-refractivity contribution is 14.1. The lowest BCUT2D eigenvalue weighted by Gasteiger charge is -2.09. The van der Waals surface area contributed by atoms with Crippen LogP contribution in [0, 0.1) is 0 Å². The maximum absolute atomic E-state index is 12.5. The minimum Gasteiger partial charge on any atom is -0.478 e. The molecule has 0 aliphatic heterocycles. The van der Waals surface area contributed by atoms with Gasteiger partial charge in [0, 0.05) is 0 Å². The molecule has 116 valence electrons. The number of aromatic nitrogens is 2. The van der Waals surface area contributed by atoms with Gasteiger partial charge in [0.2, 0.25) is 0 Å². The number of carboxylic acids is 1. The van der Waals surface area contributed by atoms with E-state index >= 15 is 0 Å². The number of fused-ring (bicyclic) bond motifs is 1. The number of halogens is 1. The maximum Gasteiger partial charge on any atom is 0.340 e. The van der Waals surface area contributed by atoms with Crippen molar-refractivity contribution in [2.24, 2.45) is 0 Å². The quantitative estimate of drug-likeness (QED) is 0.656. The van der Waals surface area contributed by atoms with Gasteiger partial charge in [0.15, 0.2) is 0 Å². The van der Waals surface area contributed by atoms with E-state index in [0.717, 1.165) is 4.57 Å². The van der Waals surface area contributed by atoms with Crippen LogP contribution >= 0.6 is 22.9 Å². The van der Waals surface area contributed by atoms with Crippen LogP contribution in [0.15, 0.2) is 58.1 Å². The van der Waals surface area contributed by atoms with Crippen LogP contribution in [0.25, 0.3) is 10.9 Å². The van der Waals surface area contributed by atoms with Crippen molar-refractivity contribution < 1.29 is 9.90 Å².